The molecule has 2 amide bonds. The molecule has 2 aromatic carbocycles. The van der Waals surface area contributed by atoms with Gasteiger partial charge in [-0.05, 0) is 67.8 Å². The predicted molar refractivity (Wildman–Crippen MR) is 119 cm³/mol. The number of nitrogens with zero attached hydrogens (tertiary/aromatic N) is 2. The lowest BCUT2D eigenvalue weighted by atomic mass is 9.95. The summed E-state index contributed by atoms with van der Waals surface area (Å²) in [4.78, 5) is 27.4. The molecular formula is C23H26N2O6S. The second-order valence-corrected chi connectivity index (χ2v) is 10.5. The number of rotatable bonds is 4. The molecule has 1 fully saturated rings. The van der Waals surface area contributed by atoms with E-state index in [9.17, 15) is 18.0 Å². The van der Waals surface area contributed by atoms with Crippen LogP contribution in [-0.2, 0) is 27.8 Å². The molecular weight excluding hydrogens is 432 g/mol. The molecule has 4 rings (SSSR count). The second kappa shape index (κ2) is 7.81. The summed E-state index contributed by atoms with van der Waals surface area (Å²) in [5, 5.41) is 0. The maximum atomic E-state index is 13.1. The maximum Gasteiger partial charge on any atom is 0.254 e. The SMILES string of the molecule is COc1cc2c(cc1OC)CN(C(=O)c1ccc(N3C(=O)C(C)(C)CS3(=O)=O)cc1)CC2. The van der Waals surface area contributed by atoms with E-state index < -0.39 is 21.3 Å². The van der Waals surface area contributed by atoms with Crippen LogP contribution in [0.2, 0.25) is 0 Å². The first-order chi connectivity index (χ1) is 15.1. The highest BCUT2D eigenvalue weighted by molar-refractivity contribution is 7.94. The van der Waals surface area contributed by atoms with Gasteiger partial charge < -0.3 is 14.4 Å². The molecule has 170 valence electrons. The Hall–Kier alpha value is -3.07. The molecule has 2 aliphatic heterocycles. The molecule has 2 heterocycles. The van der Waals surface area contributed by atoms with Gasteiger partial charge in [-0.25, -0.2) is 12.7 Å². The van der Waals surface area contributed by atoms with Gasteiger partial charge in [0.2, 0.25) is 15.9 Å². The number of carbonyl (C=O) groups is 2. The molecule has 0 spiro atoms. The molecule has 9 heteroatoms. The Labute approximate surface area is 187 Å². The first-order valence-corrected chi connectivity index (χ1v) is 11.9. The van der Waals surface area contributed by atoms with Gasteiger partial charge in [0, 0.05) is 18.7 Å². The summed E-state index contributed by atoms with van der Waals surface area (Å²) < 4.78 is 36.5. The lowest BCUT2D eigenvalue weighted by molar-refractivity contribution is -0.123. The van der Waals surface area contributed by atoms with E-state index in [-0.39, 0.29) is 17.3 Å². The van der Waals surface area contributed by atoms with Gasteiger partial charge in [-0.1, -0.05) is 0 Å². The summed E-state index contributed by atoms with van der Waals surface area (Å²) in [5.74, 6) is 0.419. The summed E-state index contributed by atoms with van der Waals surface area (Å²) in [6.07, 6.45) is 0.690. The molecule has 8 nitrogen and oxygen atoms in total. The third-order valence-corrected chi connectivity index (χ3v) is 7.96. The van der Waals surface area contributed by atoms with Crippen LogP contribution in [0, 0.1) is 5.41 Å². The highest BCUT2D eigenvalue weighted by Crippen LogP contribution is 2.36. The Morgan fingerprint density at radius 1 is 1.00 bits per heavy atom. The number of fused-ring (bicyclic) bond motifs is 1. The van der Waals surface area contributed by atoms with E-state index in [1.807, 2.05) is 12.1 Å². The number of ether oxygens (including phenoxy) is 2. The zero-order valence-electron chi connectivity index (χ0n) is 18.5. The van der Waals surface area contributed by atoms with Crippen LogP contribution in [0.25, 0.3) is 0 Å². The standard InChI is InChI=1S/C23H26N2O6S/c1-23(2)14-32(28,29)25(22(23)27)18-7-5-15(6-8-18)21(26)24-10-9-16-11-19(30-3)20(31-4)12-17(16)13-24/h5-8,11-12H,9-10,13-14H2,1-4H3. The number of carbonyl (C=O) groups excluding carboxylic acids is 2. The van der Waals surface area contributed by atoms with Crippen molar-refractivity contribution in [2.75, 3.05) is 30.8 Å². The van der Waals surface area contributed by atoms with Crippen LogP contribution in [0.4, 0.5) is 5.69 Å². The van der Waals surface area contributed by atoms with Crippen molar-refractivity contribution in [1.82, 2.24) is 4.90 Å². The first-order valence-electron chi connectivity index (χ1n) is 10.3. The number of hydrogen-bond acceptors (Lipinski definition) is 6. The van der Waals surface area contributed by atoms with Crippen molar-refractivity contribution in [1.29, 1.82) is 0 Å². The van der Waals surface area contributed by atoms with Gasteiger partial charge >= 0.3 is 0 Å². The van der Waals surface area contributed by atoms with Crippen LogP contribution in [0.5, 0.6) is 11.5 Å². The lowest BCUT2D eigenvalue weighted by Gasteiger charge is -2.30. The van der Waals surface area contributed by atoms with Crippen LogP contribution in [0.1, 0.15) is 35.3 Å². The average molecular weight is 459 g/mol. The smallest absolute Gasteiger partial charge is 0.254 e. The van der Waals surface area contributed by atoms with Crippen molar-refractivity contribution >= 4 is 27.5 Å². The number of sulfonamides is 1. The van der Waals surface area contributed by atoms with Gasteiger partial charge in [0.15, 0.2) is 11.5 Å². The van der Waals surface area contributed by atoms with Crippen molar-refractivity contribution in [3.8, 4) is 11.5 Å². The van der Waals surface area contributed by atoms with Crippen LogP contribution in [0.3, 0.4) is 0 Å². The van der Waals surface area contributed by atoms with E-state index >= 15 is 0 Å². The molecule has 1 saturated heterocycles. The van der Waals surface area contributed by atoms with Gasteiger partial charge in [-0.2, -0.15) is 0 Å². The summed E-state index contributed by atoms with van der Waals surface area (Å²) in [6.45, 7) is 4.22. The number of benzene rings is 2. The average Bonchev–Trinajstić information content (AvgIpc) is 2.93. The fourth-order valence-corrected chi connectivity index (χ4v) is 6.35. The van der Waals surface area contributed by atoms with E-state index in [0.717, 1.165) is 15.4 Å². The van der Waals surface area contributed by atoms with Gasteiger partial charge in [0.1, 0.15) is 0 Å². The number of hydrogen-bond donors (Lipinski definition) is 0. The van der Waals surface area contributed by atoms with Crippen molar-refractivity contribution in [3.63, 3.8) is 0 Å². The summed E-state index contributed by atoms with van der Waals surface area (Å²) in [5.41, 5.74) is 1.81. The summed E-state index contributed by atoms with van der Waals surface area (Å²) in [6, 6.07) is 9.99. The Bertz CT molecular complexity index is 1190. The van der Waals surface area contributed by atoms with E-state index in [4.69, 9.17) is 9.47 Å². The number of amides is 2. The Morgan fingerprint density at radius 2 is 1.59 bits per heavy atom. The molecule has 0 atom stereocenters. The van der Waals surface area contributed by atoms with Gasteiger partial charge in [-0.3, -0.25) is 9.59 Å². The van der Waals surface area contributed by atoms with Crippen molar-refractivity contribution in [2.45, 2.75) is 26.8 Å². The minimum Gasteiger partial charge on any atom is -0.493 e. The van der Waals surface area contributed by atoms with E-state index in [1.165, 1.54) is 12.1 Å². The monoisotopic (exact) mass is 458 g/mol. The van der Waals surface area contributed by atoms with Crippen LogP contribution < -0.4 is 13.8 Å². The summed E-state index contributed by atoms with van der Waals surface area (Å²) in [7, 11) is -0.565. The van der Waals surface area contributed by atoms with Crippen LogP contribution >= 0.6 is 0 Å². The molecule has 0 saturated carbocycles. The molecule has 0 unspecified atom stereocenters. The topological polar surface area (TPSA) is 93.2 Å². The van der Waals surface area contributed by atoms with E-state index in [1.54, 1.807) is 45.1 Å². The zero-order valence-corrected chi connectivity index (χ0v) is 19.4. The lowest BCUT2D eigenvalue weighted by Crippen LogP contribution is -2.36. The highest BCUT2D eigenvalue weighted by Gasteiger charge is 2.49. The maximum absolute atomic E-state index is 13.1. The fourth-order valence-electron chi connectivity index (χ4n) is 4.24. The molecule has 2 aromatic rings. The number of methoxy groups -OCH3 is 2. The third kappa shape index (κ3) is 3.70. The Kier molecular flexibility index (Phi) is 5.40. The fraction of sp³-hybridized carbons (Fsp3) is 0.391. The zero-order chi connectivity index (χ0) is 23.3. The normalized spacial score (nSPS) is 18.9. The Balaban J connectivity index is 1.55. The van der Waals surface area contributed by atoms with Gasteiger partial charge in [0.25, 0.3) is 5.91 Å². The van der Waals surface area contributed by atoms with E-state index in [2.05, 4.69) is 0 Å². The second-order valence-electron chi connectivity index (χ2n) is 8.71. The van der Waals surface area contributed by atoms with Crippen LogP contribution in [0.15, 0.2) is 36.4 Å². The molecule has 0 aliphatic carbocycles. The molecule has 0 radical (unpaired) electrons. The molecule has 2 aliphatic rings. The van der Waals surface area contributed by atoms with Crippen LogP contribution in [-0.4, -0.2) is 51.6 Å². The minimum atomic E-state index is -3.73. The molecule has 32 heavy (non-hydrogen) atoms. The Morgan fingerprint density at radius 3 is 2.12 bits per heavy atom. The third-order valence-electron chi connectivity index (χ3n) is 5.94. The molecule has 0 aromatic heterocycles. The highest BCUT2D eigenvalue weighted by atomic mass is 32.2. The quantitative estimate of drug-likeness (QED) is 0.699. The minimum absolute atomic E-state index is 0.159. The van der Waals surface area contributed by atoms with Crippen molar-refractivity contribution < 1.29 is 27.5 Å². The largest absolute Gasteiger partial charge is 0.493 e. The summed E-state index contributed by atoms with van der Waals surface area (Å²) >= 11 is 0. The molecule has 0 bridgehead atoms. The van der Waals surface area contributed by atoms with Gasteiger partial charge in [0.05, 0.1) is 31.1 Å². The first kappa shape index (κ1) is 22.1. The predicted octanol–water partition coefficient (Wildman–Crippen LogP) is 2.60. The van der Waals surface area contributed by atoms with Crippen molar-refractivity contribution in [3.05, 3.63) is 53.1 Å². The van der Waals surface area contributed by atoms with Crippen molar-refractivity contribution in [2.24, 2.45) is 5.41 Å². The van der Waals surface area contributed by atoms with Gasteiger partial charge in [-0.15, -0.1) is 0 Å². The number of anilines is 1. The van der Waals surface area contributed by atoms with E-state index in [0.29, 0.717) is 36.6 Å². The molecule has 0 N–H and O–H groups in total.